The largest absolute Gasteiger partial charge is 0.375 e. The van der Waals surface area contributed by atoms with Crippen molar-refractivity contribution in [2.45, 2.75) is 6.43 Å². The quantitative estimate of drug-likeness (QED) is 0.455. The van der Waals surface area contributed by atoms with Crippen molar-refractivity contribution >= 4 is 11.9 Å². The summed E-state index contributed by atoms with van der Waals surface area (Å²) in [5.74, 6) is 0.354. The number of nitrogens with zero attached hydrogens (tertiary/aromatic N) is 1. The van der Waals surface area contributed by atoms with Gasteiger partial charge in [0.15, 0.2) is 12.0 Å². The Labute approximate surface area is 103 Å². The summed E-state index contributed by atoms with van der Waals surface area (Å²) in [6, 6.07) is 1.35. The predicted octanol–water partition coefficient (Wildman–Crippen LogP) is 1.17. The van der Waals surface area contributed by atoms with Crippen LogP contribution in [-0.2, 0) is 4.79 Å². The van der Waals surface area contributed by atoms with E-state index in [1.165, 1.54) is 12.3 Å². The lowest BCUT2D eigenvalue weighted by molar-refractivity contribution is -0.103. The van der Waals surface area contributed by atoms with Crippen molar-refractivity contribution in [2.75, 3.05) is 14.1 Å². The van der Waals surface area contributed by atoms with Crippen molar-refractivity contribution in [3.05, 3.63) is 35.5 Å². The zero-order valence-electron chi connectivity index (χ0n) is 9.91. The lowest BCUT2D eigenvalue weighted by atomic mass is 10.1. The van der Waals surface area contributed by atoms with Gasteiger partial charge < -0.3 is 15.2 Å². The summed E-state index contributed by atoms with van der Waals surface area (Å²) in [6.45, 7) is 0. The van der Waals surface area contributed by atoms with Crippen molar-refractivity contribution in [3.63, 3.8) is 0 Å². The number of allylic oxidation sites excluding steroid dienone is 3. The molecule has 0 aliphatic heterocycles. The minimum Gasteiger partial charge on any atom is -0.375 e. The Balaban J connectivity index is 3.32. The third-order valence-corrected chi connectivity index (χ3v) is 2.21. The molecule has 0 atom stereocenters. The van der Waals surface area contributed by atoms with Crippen molar-refractivity contribution in [2.24, 2.45) is 0 Å². The molecule has 1 rings (SSSR count). The zero-order chi connectivity index (χ0) is 13.5. The molecule has 5 nitrogen and oxygen atoms in total. The third-order valence-electron chi connectivity index (χ3n) is 2.21. The first kappa shape index (κ1) is 13.9. The highest BCUT2D eigenvalue weighted by Crippen LogP contribution is 2.23. The molecular weight excluding hydrogens is 244 g/mol. The number of alkyl halides is 2. The summed E-state index contributed by atoms with van der Waals surface area (Å²) in [4.78, 5) is 11.0. The molecule has 98 valence electrons. The second kappa shape index (κ2) is 6.53. The Kier molecular flexibility index (Phi) is 5.04. The number of carbonyl (C=O) groups excluding carboxylic acids is 1. The summed E-state index contributed by atoms with van der Waals surface area (Å²) in [7, 11) is 3.14. The Hall–Kier alpha value is -2.18. The van der Waals surface area contributed by atoms with Crippen LogP contribution in [0.15, 0.2) is 34.3 Å². The second-order valence-electron chi connectivity index (χ2n) is 3.22. The molecule has 7 heteroatoms. The molecule has 1 heterocycles. The molecule has 0 saturated carbocycles. The van der Waals surface area contributed by atoms with Crippen LogP contribution < -0.4 is 10.6 Å². The molecule has 2 N–H and O–H groups in total. The van der Waals surface area contributed by atoms with Gasteiger partial charge in [0.25, 0.3) is 6.43 Å². The lowest BCUT2D eigenvalue weighted by Crippen LogP contribution is -2.20. The van der Waals surface area contributed by atoms with Gasteiger partial charge in [0, 0.05) is 25.7 Å². The van der Waals surface area contributed by atoms with Crippen molar-refractivity contribution in [1.29, 1.82) is 0 Å². The average Bonchev–Trinajstić information content (AvgIpc) is 2.87. The van der Waals surface area contributed by atoms with Crippen LogP contribution in [0.5, 0.6) is 0 Å². The minimum absolute atomic E-state index is 0.00288. The SMILES string of the molecule is CNC(=C/C(=C(\C=O)c1ccno1)C(F)F)NC. The topological polar surface area (TPSA) is 67.2 Å². The van der Waals surface area contributed by atoms with E-state index in [1.807, 2.05) is 0 Å². The van der Waals surface area contributed by atoms with Crippen molar-refractivity contribution in [3.8, 4) is 0 Å². The highest BCUT2D eigenvalue weighted by Gasteiger charge is 2.19. The number of carbonyl (C=O) groups is 1. The molecule has 0 radical (unpaired) electrons. The number of hydrogen-bond acceptors (Lipinski definition) is 5. The first-order valence-corrected chi connectivity index (χ1v) is 5.09. The number of hydrogen-bond donors (Lipinski definition) is 2. The fourth-order valence-electron chi connectivity index (χ4n) is 1.31. The Morgan fingerprint density at radius 2 is 2.11 bits per heavy atom. The van der Waals surface area contributed by atoms with Gasteiger partial charge in [0.05, 0.1) is 17.6 Å². The summed E-state index contributed by atoms with van der Waals surface area (Å²) in [5.41, 5.74) is -0.675. The standard InChI is InChI=1S/C11H13F2N3O2/c1-14-10(15-2)5-7(11(12)13)8(6-17)9-3-4-16-18-9/h3-6,11,14-15H,1-2H3/b8-7-. The van der Waals surface area contributed by atoms with Gasteiger partial charge >= 0.3 is 0 Å². The van der Waals surface area contributed by atoms with E-state index < -0.39 is 12.0 Å². The van der Waals surface area contributed by atoms with Gasteiger partial charge in [-0.3, -0.25) is 4.79 Å². The average molecular weight is 257 g/mol. The minimum atomic E-state index is -2.81. The maximum atomic E-state index is 13.0. The van der Waals surface area contributed by atoms with E-state index in [1.54, 1.807) is 14.1 Å². The van der Waals surface area contributed by atoms with E-state index in [-0.39, 0.29) is 11.3 Å². The van der Waals surface area contributed by atoms with Crippen LogP contribution in [0, 0.1) is 0 Å². The lowest BCUT2D eigenvalue weighted by Gasteiger charge is -2.09. The monoisotopic (exact) mass is 257 g/mol. The smallest absolute Gasteiger partial charge is 0.264 e. The Morgan fingerprint density at radius 1 is 1.44 bits per heavy atom. The molecule has 0 aliphatic carbocycles. The highest BCUT2D eigenvalue weighted by atomic mass is 19.3. The Bertz CT molecular complexity index is 447. The molecule has 1 aromatic rings. The molecular formula is C11H13F2N3O2. The van der Waals surface area contributed by atoms with Gasteiger partial charge in [-0.15, -0.1) is 0 Å². The van der Waals surface area contributed by atoms with Gasteiger partial charge in [-0.2, -0.15) is 0 Å². The van der Waals surface area contributed by atoms with Gasteiger partial charge in [0.2, 0.25) is 0 Å². The van der Waals surface area contributed by atoms with E-state index in [0.717, 1.165) is 6.08 Å². The van der Waals surface area contributed by atoms with Crippen molar-refractivity contribution in [1.82, 2.24) is 15.8 Å². The number of rotatable bonds is 6. The van der Waals surface area contributed by atoms with Crippen LogP contribution >= 0.6 is 0 Å². The normalized spacial score (nSPS) is 11.8. The molecule has 0 spiro atoms. The maximum absolute atomic E-state index is 13.0. The van der Waals surface area contributed by atoms with Crippen LogP contribution in [0.1, 0.15) is 5.76 Å². The molecule has 0 aliphatic rings. The number of aromatic nitrogens is 1. The maximum Gasteiger partial charge on any atom is 0.264 e. The zero-order valence-corrected chi connectivity index (χ0v) is 9.91. The van der Waals surface area contributed by atoms with E-state index in [4.69, 9.17) is 4.52 Å². The van der Waals surface area contributed by atoms with E-state index >= 15 is 0 Å². The van der Waals surface area contributed by atoms with Gasteiger partial charge in [0.1, 0.15) is 0 Å². The fourth-order valence-corrected chi connectivity index (χ4v) is 1.31. The van der Waals surface area contributed by atoms with Gasteiger partial charge in [-0.05, 0) is 6.08 Å². The molecule has 1 aromatic heterocycles. The molecule has 0 aromatic carbocycles. The summed E-state index contributed by atoms with van der Waals surface area (Å²) < 4.78 is 30.7. The first-order valence-electron chi connectivity index (χ1n) is 5.09. The third kappa shape index (κ3) is 3.16. The van der Waals surface area contributed by atoms with E-state index in [9.17, 15) is 13.6 Å². The van der Waals surface area contributed by atoms with Crippen LogP contribution in [0.4, 0.5) is 8.78 Å². The molecule has 18 heavy (non-hydrogen) atoms. The van der Waals surface area contributed by atoms with E-state index in [0.29, 0.717) is 12.1 Å². The van der Waals surface area contributed by atoms with Crippen LogP contribution in [0.2, 0.25) is 0 Å². The predicted molar refractivity (Wildman–Crippen MR) is 61.7 cm³/mol. The van der Waals surface area contributed by atoms with E-state index in [2.05, 4.69) is 15.8 Å². The van der Waals surface area contributed by atoms with Gasteiger partial charge in [-0.1, -0.05) is 5.16 Å². The summed E-state index contributed by atoms with van der Waals surface area (Å²) >= 11 is 0. The molecule has 0 amide bonds. The number of aldehydes is 1. The summed E-state index contributed by atoms with van der Waals surface area (Å²) in [6.07, 6.45) is -0.0619. The molecule has 0 saturated heterocycles. The van der Waals surface area contributed by atoms with Crippen LogP contribution in [0.3, 0.4) is 0 Å². The van der Waals surface area contributed by atoms with Crippen LogP contribution in [-0.4, -0.2) is 32.0 Å². The molecule has 0 fully saturated rings. The first-order chi connectivity index (χ1) is 8.63. The molecule has 0 bridgehead atoms. The Morgan fingerprint density at radius 3 is 2.50 bits per heavy atom. The second-order valence-corrected chi connectivity index (χ2v) is 3.22. The number of halogens is 2. The molecule has 0 unspecified atom stereocenters. The van der Waals surface area contributed by atoms with Crippen LogP contribution in [0.25, 0.3) is 5.57 Å². The van der Waals surface area contributed by atoms with Gasteiger partial charge in [-0.25, -0.2) is 8.78 Å². The van der Waals surface area contributed by atoms with Crippen molar-refractivity contribution < 1.29 is 18.1 Å². The fraction of sp³-hybridized carbons (Fsp3) is 0.273. The summed E-state index contributed by atoms with van der Waals surface area (Å²) in [5, 5.41) is 8.75. The number of nitrogens with one attached hydrogen (secondary N) is 2. The highest BCUT2D eigenvalue weighted by molar-refractivity contribution is 6.07.